The normalized spacial score (nSPS) is 27.8. The lowest BCUT2D eigenvalue weighted by Gasteiger charge is -2.06. The lowest BCUT2D eigenvalue weighted by molar-refractivity contribution is 1.10. The molecule has 0 aromatic rings. The van der Waals surface area contributed by atoms with E-state index in [-0.39, 0.29) is 0 Å². The highest BCUT2D eigenvalue weighted by Gasteiger charge is 2.08. The molecule has 44 valence electrons. The number of hydrogen-bond donors (Lipinski definition) is 0. The van der Waals surface area contributed by atoms with E-state index in [9.17, 15) is 0 Å². The van der Waals surface area contributed by atoms with Crippen molar-refractivity contribution >= 4 is 33.7 Å². The molecular formula is C5H5BrClN. The molecule has 0 aromatic carbocycles. The highest BCUT2D eigenvalue weighted by molar-refractivity contribution is 9.09. The van der Waals surface area contributed by atoms with Gasteiger partial charge in [0.2, 0.25) is 0 Å². The van der Waals surface area contributed by atoms with Crippen LogP contribution in [0.4, 0.5) is 0 Å². The smallest absolute Gasteiger partial charge is 0.0567 e. The minimum Gasteiger partial charge on any atom is -0.268 e. The van der Waals surface area contributed by atoms with Crippen molar-refractivity contribution in [1.29, 1.82) is 0 Å². The van der Waals surface area contributed by atoms with Crippen LogP contribution in [0.2, 0.25) is 0 Å². The molecule has 0 fully saturated rings. The van der Waals surface area contributed by atoms with E-state index in [0.29, 0.717) is 4.83 Å². The first-order valence-electron chi connectivity index (χ1n) is 2.32. The van der Waals surface area contributed by atoms with Crippen molar-refractivity contribution < 1.29 is 0 Å². The summed E-state index contributed by atoms with van der Waals surface area (Å²) in [5.74, 6) is 0. The zero-order chi connectivity index (χ0) is 5.98. The first-order valence-corrected chi connectivity index (χ1v) is 3.61. The summed E-state index contributed by atoms with van der Waals surface area (Å²) in [6.45, 7) is 0. The second-order valence-corrected chi connectivity index (χ2v) is 3.09. The van der Waals surface area contributed by atoms with Gasteiger partial charge in [-0.2, -0.15) is 0 Å². The van der Waals surface area contributed by atoms with Crippen LogP contribution in [-0.2, 0) is 0 Å². The second kappa shape index (κ2) is 2.65. The zero-order valence-electron chi connectivity index (χ0n) is 4.14. The number of alkyl halides is 1. The van der Waals surface area contributed by atoms with E-state index >= 15 is 0 Å². The molecule has 8 heavy (non-hydrogen) atoms. The Morgan fingerprint density at radius 1 is 1.88 bits per heavy atom. The van der Waals surface area contributed by atoms with Crippen LogP contribution in [0, 0.1) is 0 Å². The van der Waals surface area contributed by atoms with Crippen molar-refractivity contribution in [2.45, 2.75) is 11.2 Å². The minimum absolute atomic E-state index is 0.293. The molecule has 1 rings (SSSR count). The molecule has 1 aliphatic heterocycles. The van der Waals surface area contributed by atoms with E-state index in [1.54, 1.807) is 6.20 Å². The molecule has 1 heterocycles. The maximum Gasteiger partial charge on any atom is 0.0567 e. The van der Waals surface area contributed by atoms with Gasteiger partial charge in [0.05, 0.1) is 9.86 Å². The summed E-state index contributed by atoms with van der Waals surface area (Å²) in [6, 6.07) is 0. The molecule has 1 atom stereocenters. The Morgan fingerprint density at radius 2 is 2.62 bits per heavy atom. The summed E-state index contributed by atoms with van der Waals surface area (Å²) >= 11 is 9.03. The molecule has 0 N–H and O–H groups in total. The van der Waals surface area contributed by atoms with E-state index in [4.69, 9.17) is 11.6 Å². The predicted molar refractivity (Wildman–Crippen MR) is 39.8 cm³/mol. The Kier molecular flexibility index (Phi) is 2.08. The van der Waals surface area contributed by atoms with Gasteiger partial charge >= 0.3 is 0 Å². The highest BCUT2D eigenvalue weighted by atomic mass is 79.9. The number of aliphatic imine (C=N–C) groups is 1. The fourth-order valence-corrected chi connectivity index (χ4v) is 0.902. The number of allylic oxidation sites excluding steroid dienone is 1. The first kappa shape index (κ1) is 6.30. The Bertz CT molecular complexity index is 141. The van der Waals surface area contributed by atoms with Crippen LogP contribution >= 0.6 is 27.5 Å². The summed E-state index contributed by atoms with van der Waals surface area (Å²) < 4.78 is 0. The van der Waals surface area contributed by atoms with Gasteiger partial charge in [-0.05, 0) is 0 Å². The number of nitrogens with zero attached hydrogens (tertiary/aromatic N) is 1. The van der Waals surface area contributed by atoms with Crippen molar-refractivity contribution in [1.82, 2.24) is 0 Å². The molecule has 1 aliphatic rings. The fraction of sp³-hybridized carbons (Fsp3) is 0.400. The van der Waals surface area contributed by atoms with Crippen LogP contribution in [0.3, 0.4) is 0 Å². The first-order chi connectivity index (χ1) is 3.80. The van der Waals surface area contributed by atoms with Crippen molar-refractivity contribution in [2.75, 3.05) is 0 Å². The molecule has 0 bridgehead atoms. The zero-order valence-corrected chi connectivity index (χ0v) is 6.48. The molecule has 3 heteroatoms. The summed E-state index contributed by atoms with van der Waals surface area (Å²) in [7, 11) is 0. The maximum absolute atomic E-state index is 5.67. The van der Waals surface area contributed by atoms with Crippen molar-refractivity contribution in [3.8, 4) is 0 Å². The van der Waals surface area contributed by atoms with Gasteiger partial charge in [-0.25, -0.2) is 0 Å². The predicted octanol–water partition coefficient (Wildman–Crippen LogP) is 2.30. The Balaban J connectivity index is 2.66. The minimum atomic E-state index is 0.293. The van der Waals surface area contributed by atoms with Crippen molar-refractivity contribution in [3.63, 3.8) is 0 Å². The molecule has 0 amide bonds. The molecule has 1 unspecified atom stereocenters. The standard InChI is InChI=1S/C5H5BrClN/c6-4-1-2-8-3-5(4)7/h2-4H,1H2. The van der Waals surface area contributed by atoms with Gasteiger partial charge in [0.15, 0.2) is 0 Å². The Morgan fingerprint density at radius 3 is 3.00 bits per heavy atom. The molecular weight excluding hydrogens is 189 g/mol. The van der Waals surface area contributed by atoms with E-state index in [0.717, 1.165) is 11.5 Å². The van der Waals surface area contributed by atoms with Gasteiger partial charge in [0, 0.05) is 18.8 Å². The van der Waals surface area contributed by atoms with Crippen LogP contribution in [0.1, 0.15) is 6.42 Å². The van der Waals surface area contributed by atoms with Gasteiger partial charge < -0.3 is 0 Å². The van der Waals surface area contributed by atoms with Crippen LogP contribution in [0.25, 0.3) is 0 Å². The van der Waals surface area contributed by atoms with E-state index < -0.39 is 0 Å². The topological polar surface area (TPSA) is 12.4 Å². The van der Waals surface area contributed by atoms with Gasteiger partial charge in [0.25, 0.3) is 0 Å². The quantitative estimate of drug-likeness (QED) is 0.525. The largest absolute Gasteiger partial charge is 0.268 e. The molecule has 0 radical (unpaired) electrons. The fourth-order valence-electron chi connectivity index (χ4n) is 0.471. The van der Waals surface area contributed by atoms with Crippen LogP contribution < -0.4 is 0 Å². The molecule has 0 aromatic heterocycles. The third kappa shape index (κ3) is 1.33. The molecule has 0 aliphatic carbocycles. The third-order valence-corrected chi connectivity index (χ3v) is 2.41. The summed E-state index contributed by atoms with van der Waals surface area (Å²) in [5.41, 5.74) is 0. The SMILES string of the molecule is ClC1=CN=CCC1Br. The van der Waals surface area contributed by atoms with E-state index in [1.165, 1.54) is 0 Å². The van der Waals surface area contributed by atoms with Gasteiger partial charge in [-0.1, -0.05) is 27.5 Å². The van der Waals surface area contributed by atoms with Gasteiger partial charge in [0.1, 0.15) is 0 Å². The monoisotopic (exact) mass is 193 g/mol. The van der Waals surface area contributed by atoms with Crippen molar-refractivity contribution in [3.05, 3.63) is 11.2 Å². The highest BCUT2D eigenvalue weighted by Crippen LogP contribution is 2.21. The molecule has 0 spiro atoms. The Hall–Kier alpha value is 0.180. The summed E-state index contributed by atoms with van der Waals surface area (Å²) in [4.78, 5) is 4.15. The van der Waals surface area contributed by atoms with Gasteiger partial charge in [-0.3, -0.25) is 4.99 Å². The number of halogens is 2. The second-order valence-electron chi connectivity index (χ2n) is 1.55. The van der Waals surface area contributed by atoms with Crippen LogP contribution in [0.5, 0.6) is 0 Å². The van der Waals surface area contributed by atoms with E-state index in [1.807, 2.05) is 6.21 Å². The maximum atomic E-state index is 5.67. The molecule has 1 nitrogen and oxygen atoms in total. The lowest BCUT2D eigenvalue weighted by Crippen LogP contribution is -2.01. The average molecular weight is 194 g/mol. The number of hydrogen-bond acceptors (Lipinski definition) is 1. The Labute approximate surface area is 61.6 Å². The summed E-state index contributed by atoms with van der Waals surface area (Å²) in [5, 5.41) is 0.785. The third-order valence-electron chi connectivity index (χ3n) is 0.915. The van der Waals surface area contributed by atoms with Gasteiger partial charge in [-0.15, -0.1) is 0 Å². The van der Waals surface area contributed by atoms with Crippen molar-refractivity contribution in [2.24, 2.45) is 4.99 Å². The van der Waals surface area contributed by atoms with Crippen LogP contribution in [-0.4, -0.2) is 11.0 Å². The van der Waals surface area contributed by atoms with E-state index in [2.05, 4.69) is 20.9 Å². The molecule has 0 saturated heterocycles. The lowest BCUT2D eigenvalue weighted by atomic mass is 10.3. The average Bonchev–Trinajstić information content (AvgIpc) is 1.77. The van der Waals surface area contributed by atoms with Crippen LogP contribution in [0.15, 0.2) is 16.2 Å². The number of rotatable bonds is 0. The molecule has 0 saturated carbocycles. The summed E-state index contributed by atoms with van der Waals surface area (Å²) in [6.07, 6.45) is 4.39.